The van der Waals surface area contributed by atoms with Crippen molar-refractivity contribution >= 4 is 28.9 Å². The van der Waals surface area contributed by atoms with Crippen molar-refractivity contribution in [2.45, 2.75) is 13.8 Å². The Balaban J connectivity index is 1.48. The molecule has 0 aliphatic heterocycles. The summed E-state index contributed by atoms with van der Waals surface area (Å²) in [6, 6.07) is 24.2. The molecule has 0 fully saturated rings. The zero-order valence-electron chi connectivity index (χ0n) is 17.8. The Labute approximate surface area is 182 Å². The Morgan fingerprint density at radius 2 is 1.35 bits per heavy atom. The molecule has 160 valence electrons. The molecular formula is C25H27N3O3. The maximum Gasteiger partial charge on any atom is 0.262 e. The smallest absolute Gasteiger partial charge is 0.262 e. The normalized spacial score (nSPS) is 10.3. The molecule has 3 aromatic rings. The van der Waals surface area contributed by atoms with Crippen molar-refractivity contribution in [2.75, 3.05) is 30.3 Å². The number of benzene rings is 3. The van der Waals surface area contributed by atoms with Gasteiger partial charge in [0.2, 0.25) is 0 Å². The zero-order valence-corrected chi connectivity index (χ0v) is 17.8. The van der Waals surface area contributed by atoms with Gasteiger partial charge in [-0.2, -0.15) is 0 Å². The molecule has 0 aromatic heterocycles. The van der Waals surface area contributed by atoms with Crippen molar-refractivity contribution in [3.05, 3.63) is 84.4 Å². The van der Waals surface area contributed by atoms with E-state index in [1.165, 1.54) is 0 Å². The van der Waals surface area contributed by atoms with E-state index in [9.17, 15) is 9.59 Å². The van der Waals surface area contributed by atoms with Crippen LogP contribution in [-0.4, -0.2) is 36.4 Å². The molecule has 6 heteroatoms. The quantitative estimate of drug-likeness (QED) is 0.518. The van der Waals surface area contributed by atoms with Gasteiger partial charge < -0.3 is 20.3 Å². The minimum absolute atomic E-state index is 0.0172. The number of carbonyl (C=O) groups excluding carboxylic acids is 2. The van der Waals surface area contributed by atoms with E-state index in [0.717, 1.165) is 11.4 Å². The first-order valence-electron chi connectivity index (χ1n) is 10.3. The van der Waals surface area contributed by atoms with Crippen LogP contribution < -0.4 is 15.4 Å². The van der Waals surface area contributed by atoms with Gasteiger partial charge in [0.25, 0.3) is 11.8 Å². The van der Waals surface area contributed by atoms with E-state index >= 15 is 0 Å². The van der Waals surface area contributed by atoms with Gasteiger partial charge in [0.05, 0.1) is 0 Å². The second-order valence-electron chi connectivity index (χ2n) is 6.91. The molecule has 0 atom stereocenters. The van der Waals surface area contributed by atoms with Gasteiger partial charge in [0, 0.05) is 35.7 Å². The van der Waals surface area contributed by atoms with E-state index in [1.54, 1.807) is 29.2 Å². The molecule has 0 saturated carbocycles. The highest BCUT2D eigenvalue weighted by Gasteiger charge is 2.12. The average molecular weight is 418 g/mol. The molecule has 0 unspecified atom stereocenters. The number of amides is 2. The highest BCUT2D eigenvalue weighted by molar-refractivity contribution is 5.96. The van der Waals surface area contributed by atoms with Crippen LogP contribution >= 0.6 is 0 Å². The molecule has 0 saturated heterocycles. The first-order valence-corrected chi connectivity index (χ1v) is 10.3. The lowest BCUT2D eigenvalue weighted by Gasteiger charge is -2.18. The number of nitrogens with one attached hydrogen (secondary N) is 2. The first kappa shape index (κ1) is 21.9. The van der Waals surface area contributed by atoms with Gasteiger partial charge in [0.1, 0.15) is 5.75 Å². The summed E-state index contributed by atoms with van der Waals surface area (Å²) in [4.78, 5) is 26.3. The van der Waals surface area contributed by atoms with Crippen molar-refractivity contribution in [3.63, 3.8) is 0 Å². The van der Waals surface area contributed by atoms with Crippen LogP contribution in [0.4, 0.5) is 17.1 Å². The number of anilines is 3. The van der Waals surface area contributed by atoms with Crippen molar-refractivity contribution in [1.29, 1.82) is 0 Å². The molecule has 0 aliphatic rings. The van der Waals surface area contributed by atoms with E-state index in [4.69, 9.17) is 4.74 Å². The van der Waals surface area contributed by atoms with Gasteiger partial charge in [-0.05, 0) is 74.5 Å². The Morgan fingerprint density at radius 3 is 1.97 bits per heavy atom. The fourth-order valence-electron chi connectivity index (χ4n) is 3.06. The molecule has 2 amide bonds. The van der Waals surface area contributed by atoms with Gasteiger partial charge in [-0.25, -0.2) is 0 Å². The van der Waals surface area contributed by atoms with Gasteiger partial charge in [-0.15, -0.1) is 0 Å². The van der Waals surface area contributed by atoms with Crippen LogP contribution in [0.3, 0.4) is 0 Å². The average Bonchev–Trinajstić information content (AvgIpc) is 2.80. The van der Waals surface area contributed by atoms with Crippen molar-refractivity contribution in [2.24, 2.45) is 0 Å². The van der Waals surface area contributed by atoms with Crippen LogP contribution in [0.2, 0.25) is 0 Å². The summed E-state index contributed by atoms with van der Waals surface area (Å²) in [6.45, 7) is 5.11. The summed E-state index contributed by atoms with van der Waals surface area (Å²) >= 11 is 0. The molecule has 0 bridgehead atoms. The van der Waals surface area contributed by atoms with Crippen LogP contribution in [0.25, 0.3) is 0 Å². The fourth-order valence-corrected chi connectivity index (χ4v) is 3.06. The molecule has 3 rings (SSSR count). The minimum atomic E-state index is -0.269. The van der Waals surface area contributed by atoms with Gasteiger partial charge >= 0.3 is 0 Å². The molecule has 0 heterocycles. The summed E-state index contributed by atoms with van der Waals surface area (Å²) in [7, 11) is 0. The summed E-state index contributed by atoms with van der Waals surface area (Å²) in [6.07, 6.45) is 0. The Morgan fingerprint density at radius 1 is 0.774 bits per heavy atom. The van der Waals surface area contributed by atoms with Gasteiger partial charge in [-0.3, -0.25) is 9.59 Å². The zero-order chi connectivity index (χ0) is 22.1. The highest BCUT2D eigenvalue weighted by Crippen LogP contribution is 2.20. The summed E-state index contributed by atoms with van der Waals surface area (Å²) in [5.74, 6) is 0.319. The monoisotopic (exact) mass is 417 g/mol. The third-order valence-corrected chi connectivity index (χ3v) is 4.75. The van der Waals surface area contributed by atoms with E-state index < -0.39 is 0 Å². The first-order chi connectivity index (χ1) is 15.1. The molecular weight excluding hydrogens is 390 g/mol. The number of para-hydroxylation sites is 1. The number of ether oxygens (including phenoxy) is 1. The van der Waals surface area contributed by atoms with Crippen LogP contribution in [0.5, 0.6) is 5.75 Å². The number of nitrogens with zero attached hydrogens (tertiary/aromatic N) is 1. The van der Waals surface area contributed by atoms with E-state index in [-0.39, 0.29) is 18.4 Å². The van der Waals surface area contributed by atoms with Crippen molar-refractivity contribution in [1.82, 2.24) is 4.90 Å². The molecule has 2 N–H and O–H groups in total. The van der Waals surface area contributed by atoms with Crippen molar-refractivity contribution in [3.8, 4) is 5.75 Å². The maximum atomic E-state index is 12.3. The number of rotatable bonds is 9. The lowest BCUT2D eigenvalue weighted by atomic mass is 10.2. The summed E-state index contributed by atoms with van der Waals surface area (Å²) < 4.78 is 5.57. The standard InChI is InChI=1S/C25H27N3O3/c1-3-28(4-2)25(30)19-10-12-22(13-11-19)27-24(29)18-31-23-16-14-21(15-17-23)26-20-8-6-5-7-9-20/h5-17,26H,3-4,18H2,1-2H3,(H,27,29). The summed E-state index contributed by atoms with van der Waals surface area (Å²) in [5.41, 5.74) is 3.15. The second-order valence-corrected chi connectivity index (χ2v) is 6.91. The second kappa shape index (κ2) is 10.8. The van der Waals surface area contributed by atoms with E-state index in [0.29, 0.717) is 30.1 Å². The SMILES string of the molecule is CCN(CC)C(=O)c1ccc(NC(=O)COc2ccc(Nc3ccccc3)cc2)cc1. The Bertz CT molecular complexity index is 983. The lowest BCUT2D eigenvalue weighted by molar-refractivity contribution is -0.118. The lowest BCUT2D eigenvalue weighted by Crippen LogP contribution is -2.30. The topological polar surface area (TPSA) is 70.7 Å². The number of carbonyl (C=O) groups is 2. The molecule has 0 spiro atoms. The van der Waals surface area contributed by atoms with E-state index in [1.807, 2.05) is 68.4 Å². The molecule has 0 aliphatic carbocycles. The molecule has 0 radical (unpaired) electrons. The fraction of sp³-hybridized carbons (Fsp3) is 0.200. The highest BCUT2D eigenvalue weighted by atomic mass is 16.5. The predicted molar refractivity (Wildman–Crippen MR) is 124 cm³/mol. The van der Waals surface area contributed by atoms with Gasteiger partial charge in [0.15, 0.2) is 6.61 Å². The Hall–Kier alpha value is -3.80. The van der Waals surface area contributed by atoms with Crippen molar-refractivity contribution < 1.29 is 14.3 Å². The molecule has 31 heavy (non-hydrogen) atoms. The third kappa shape index (κ3) is 6.34. The van der Waals surface area contributed by atoms with Crippen LogP contribution in [0, 0.1) is 0 Å². The van der Waals surface area contributed by atoms with E-state index in [2.05, 4.69) is 10.6 Å². The third-order valence-electron chi connectivity index (χ3n) is 4.75. The Kier molecular flexibility index (Phi) is 7.65. The largest absolute Gasteiger partial charge is 0.484 e. The minimum Gasteiger partial charge on any atom is -0.484 e. The van der Waals surface area contributed by atoms with Crippen LogP contribution in [0.15, 0.2) is 78.9 Å². The molecule has 3 aromatic carbocycles. The molecule has 6 nitrogen and oxygen atoms in total. The predicted octanol–water partition coefficient (Wildman–Crippen LogP) is 4.93. The van der Waals surface area contributed by atoms with Gasteiger partial charge in [-0.1, -0.05) is 18.2 Å². The van der Waals surface area contributed by atoms with Crippen LogP contribution in [-0.2, 0) is 4.79 Å². The number of hydrogen-bond acceptors (Lipinski definition) is 4. The van der Waals surface area contributed by atoms with Crippen LogP contribution in [0.1, 0.15) is 24.2 Å². The maximum absolute atomic E-state index is 12.3. The number of hydrogen-bond donors (Lipinski definition) is 2. The summed E-state index contributed by atoms with van der Waals surface area (Å²) in [5, 5.41) is 6.07.